The highest BCUT2D eigenvalue weighted by atomic mass is 19.3. The number of halogens is 2. The van der Waals surface area contributed by atoms with E-state index in [-0.39, 0.29) is 5.75 Å². The third-order valence-electron chi connectivity index (χ3n) is 4.42. The Labute approximate surface area is 172 Å². The number of anilines is 1. The van der Waals surface area contributed by atoms with Crippen LogP contribution in [0.4, 0.5) is 14.5 Å². The first-order valence-electron chi connectivity index (χ1n) is 9.42. The van der Waals surface area contributed by atoms with Gasteiger partial charge >= 0.3 is 6.61 Å². The summed E-state index contributed by atoms with van der Waals surface area (Å²) in [6.45, 7) is -0.534. The summed E-state index contributed by atoms with van der Waals surface area (Å²) in [5.41, 5.74) is 3.19. The molecule has 8 heteroatoms. The van der Waals surface area contributed by atoms with E-state index in [1.165, 1.54) is 12.1 Å². The fourth-order valence-electron chi connectivity index (χ4n) is 3.16. The van der Waals surface area contributed by atoms with Gasteiger partial charge in [-0.3, -0.25) is 4.68 Å². The number of rotatable bonds is 6. The zero-order valence-electron chi connectivity index (χ0n) is 16.5. The summed E-state index contributed by atoms with van der Waals surface area (Å²) in [6.07, 6.45) is 7.52. The molecule has 30 heavy (non-hydrogen) atoms. The molecule has 1 aliphatic heterocycles. The van der Waals surface area contributed by atoms with Crippen molar-refractivity contribution in [2.75, 3.05) is 11.6 Å². The van der Waals surface area contributed by atoms with Crippen molar-refractivity contribution in [3.63, 3.8) is 0 Å². The summed E-state index contributed by atoms with van der Waals surface area (Å²) in [5.74, 6) is 0.601. The van der Waals surface area contributed by atoms with Gasteiger partial charge in [0.25, 0.3) is 0 Å². The van der Waals surface area contributed by atoms with Gasteiger partial charge in [0.1, 0.15) is 5.75 Å². The first-order valence-corrected chi connectivity index (χ1v) is 9.42. The molecular weight excluding hydrogens is 390 g/mol. The van der Waals surface area contributed by atoms with Gasteiger partial charge in [-0.05, 0) is 49.4 Å². The Morgan fingerprint density at radius 1 is 1.10 bits per heavy atom. The van der Waals surface area contributed by atoms with E-state index in [1.807, 2.05) is 56.6 Å². The average molecular weight is 410 g/mol. The van der Waals surface area contributed by atoms with Gasteiger partial charge in [-0.25, -0.2) is 5.01 Å². The normalized spacial score (nSPS) is 14.0. The van der Waals surface area contributed by atoms with Gasteiger partial charge in [0, 0.05) is 30.3 Å². The monoisotopic (exact) mass is 410 g/mol. The molecule has 1 aromatic heterocycles. The molecule has 154 valence electrons. The van der Waals surface area contributed by atoms with Crippen molar-refractivity contribution >= 4 is 22.3 Å². The number of hydrazone groups is 1. The summed E-state index contributed by atoms with van der Waals surface area (Å²) in [5, 5.41) is 11.8. The number of ether oxygens (including phenoxy) is 2. The Hall–Kier alpha value is -3.68. The van der Waals surface area contributed by atoms with Gasteiger partial charge in [-0.2, -0.15) is 19.0 Å². The van der Waals surface area contributed by atoms with Crippen LogP contribution in [-0.2, 0) is 11.8 Å². The minimum Gasteiger partial charge on any atom is -0.478 e. The molecule has 0 aliphatic carbocycles. The minimum absolute atomic E-state index is 0.0786. The second kappa shape index (κ2) is 8.36. The number of alkyl halides is 2. The van der Waals surface area contributed by atoms with Gasteiger partial charge in [0.2, 0.25) is 5.88 Å². The van der Waals surface area contributed by atoms with E-state index in [2.05, 4.69) is 9.84 Å². The first-order chi connectivity index (χ1) is 14.5. The first kappa shape index (κ1) is 19.6. The van der Waals surface area contributed by atoms with Crippen LogP contribution in [0.1, 0.15) is 12.5 Å². The molecule has 0 amide bonds. The van der Waals surface area contributed by atoms with Gasteiger partial charge in [0.05, 0.1) is 23.5 Å². The van der Waals surface area contributed by atoms with Crippen LogP contribution in [0.5, 0.6) is 5.75 Å². The number of hydrogen-bond donors (Lipinski definition) is 0. The van der Waals surface area contributed by atoms with Gasteiger partial charge in [-0.15, -0.1) is 0 Å². The van der Waals surface area contributed by atoms with Crippen LogP contribution in [0, 0.1) is 0 Å². The Morgan fingerprint density at radius 2 is 1.90 bits per heavy atom. The number of allylic oxidation sites excluding steroid dienone is 3. The Balaban J connectivity index is 1.72. The molecule has 0 radical (unpaired) electrons. The fraction of sp³-hybridized carbons (Fsp3) is 0.182. The fourth-order valence-corrected chi connectivity index (χ4v) is 3.16. The van der Waals surface area contributed by atoms with E-state index in [4.69, 9.17) is 9.84 Å². The van der Waals surface area contributed by atoms with Crippen LogP contribution < -0.4 is 9.75 Å². The highest BCUT2D eigenvalue weighted by Gasteiger charge is 2.17. The van der Waals surface area contributed by atoms with E-state index >= 15 is 0 Å². The van der Waals surface area contributed by atoms with Crippen molar-refractivity contribution in [3.8, 4) is 5.75 Å². The van der Waals surface area contributed by atoms with Crippen LogP contribution in [0.15, 0.2) is 77.9 Å². The van der Waals surface area contributed by atoms with E-state index in [9.17, 15) is 8.78 Å². The second-order valence-corrected chi connectivity index (χ2v) is 6.54. The van der Waals surface area contributed by atoms with Crippen molar-refractivity contribution in [1.82, 2.24) is 9.78 Å². The number of aromatic nitrogens is 2. The molecule has 0 atom stereocenters. The zero-order chi connectivity index (χ0) is 21.1. The van der Waals surface area contributed by atoms with E-state index in [0.29, 0.717) is 18.2 Å². The third kappa shape index (κ3) is 4.17. The predicted molar refractivity (Wildman–Crippen MR) is 112 cm³/mol. The van der Waals surface area contributed by atoms with Gasteiger partial charge < -0.3 is 9.47 Å². The molecule has 0 N–H and O–H groups in total. The van der Waals surface area contributed by atoms with Crippen LogP contribution in [0.3, 0.4) is 0 Å². The van der Waals surface area contributed by atoms with Gasteiger partial charge in [0.15, 0.2) is 0 Å². The standard InChI is InChI=1S/C22H20F2N4O2/c1-3-29-21-6-4-5-19(15-7-12-20-16(13-15)14-27(2)25-20)26-28(21)17-8-10-18(11-9-17)30-22(23)24/h4-14,22H,3H2,1-2H3. The van der Waals surface area contributed by atoms with Crippen LogP contribution >= 0.6 is 0 Å². The second-order valence-electron chi connectivity index (χ2n) is 6.54. The number of benzene rings is 2. The minimum atomic E-state index is -2.87. The number of nitrogens with zero attached hydrogens (tertiary/aromatic N) is 4. The highest BCUT2D eigenvalue weighted by Crippen LogP contribution is 2.27. The van der Waals surface area contributed by atoms with Crippen LogP contribution in [-0.4, -0.2) is 28.7 Å². The maximum absolute atomic E-state index is 12.4. The van der Waals surface area contributed by atoms with Crippen molar-refractivity contribution in [3.05, 3.63) is 78.3 Å². The maximum atomic E-state index is 12.4. The molecule has 6 nitrogen and oxygen atoms in total. The molecule has 3 aromatic rings. The average Bonchev–Trinajstić information content (AvgIpc) is 2.96. The predicted octanol–water partition coefficient (Wildman–Crippen LogP) is 4.83. The SMILES string of the molecule is CCOC1=CC=CC(c2ccc3nn(C)cc3c2)=NN1c1ccc(OC(F)F)cc1. The lowest BCUT2D eigenvalue weighted by Crippen LogP contribution is -2.19. The summed E-state index contributed by atoms with van der Waals surface area (Å²) < 4.78 is 36.8. The molecule has 0 unspecified atom stereocenters. The molecule has 4 rings (SSSR count). The molecule has 0 saturated carbocycles. The number of aryl methyl sites for hydroxylation is 1. The summed E-state index contributed by atoms with van der Waals surface area (Å²) >= 11 is 0. The molecule has 0 spiro atoms. The van der Waals surface area contributed by atoms with E-state index in [0.717, 1.165) is 22.2 Å². The lowest BCUT2D eigenvalue weighted by atomic mass is 10.1. The lowest BCUT2D eigenvalue weighted by Gasteiger charge is -2.22. The largest absolute Gasteiger partial charge is 0.478 e. The Bertz CT molecular complexity index is 1130. The molecule has 1 aliphatic rings. The summed E-state index contributed by atoms with van der Waals surface area (Å²) in [7, 11) is 1.88. The van der Waals surface area contributed by atoms with Crippen molar-refractivity contribution in [2.24, 2.45) is 12.1 Å². The lowest BCUT2D eigenvalue weighted by molar-refractivity contribution is -0.0498. The van der Waals surface area contributed by atoms with Crippen LogP contribution in [0.2, 0.25) is 0 Å². The molecule has 0 bridgehead atoms. The molecule has 2 heterocycles. The smallest absolute Gasteiger partial charge is 0.387 e. The van der Waals surface area contributed by atoms with Crippen LogP contribution in [0.25, 0.3) is 10.9 Å². The summed E-state index contributed by atoms with van der Waals surface area (Å²) in [6, 6.07) is 12.2. The van der Waals surface area contributed by atoms with Gasteiger partial charge in [-0.1, -0.05) is 12.1 Å². The highest BCUT2D eigenvalue weighted by molar-refractivity contribution is 6.11. The van der Waals surface area contributed by atoms with E-state index in [1.54, 1.807) is 21.8 Å². The quantitative estimate of drug-likeness (QED) is 0.584. The maximum Gasteiger partial charge on any atom is 0.387 e. The third-order valence-corrected chi connectivity index (χ3v) is 4.42. The van der Waals surface area contributed by atoms with Crippen molar-refractivity contribution < 1.29 is 18.3 Å². The Morgan fingerprint density at radius 3 is 2.63 bits per heavy atom. The molecular formula is C22H20F2N4O2. The number of hydrogen-bond acceptors (Lipinski definition) is 5. The topological polar surface area (TPSA) is 51.9 Å². The molecule has 0 saturated heterocycles. The zero-order valence-corrected chi connectivity index (χ0v) is 16.5. The molecule has 0 fully saturated rings. The van der Waals surface area contributed by atoms with Crippen molar-refractivity contribution in [2.45, 2.75) is 13.5 Å². The van der Waals surface area contributed by atoms with E-state index < -0.39 is 6.61 Å². The molecule has 2 aromatic carbocycles. The Kier molecular flexibility index (Phi) is 5.47. The van der Waals surface area contributed by atoms with Crippen molar-refractivity contribution in [1.29, 1.82) is 0 Å². The summed E-state index contributed by atoms with van der Waals surface area (Å²) in [4.78, 5) is 0. The number of fused-ring (bicyclic) bond motifs is 1.